The van der Waals surface area contributed by atoms with Gasteiger partial charge in [-0.05, 0) is 36.6 Å². The van der Waals surface area contributed by atoms with Crippen LogP contribution in [0.4, 0.5) is 0 Å². The number of aliphatic hydroxyl groups excluding tert-OH is 1. The minimum absolute atomic E-state index is 0.0190. The summed E-state index contributed by atoms with van der Waals surface area (Å²) in [5.41, 5.74) is 0.458. The number of nitrogens with one attached hydrogen (secondary N) is 3. The van der Waals surface area contributed by atoms with E-state index in [4.69, 9.17) is 4.74 Å². The number of guanidine groups is 1. The number of aromatic nitrogens is 1. The van der Waals surface area contributed by atoms with Crippen LogP contribution in [0, 0.1) is 0 Å². The Morgan fingerprint density at radius 1 is 1.26 bits per heavy atom. The summed E-state index contributed by atoms with van der Waals surface area (Å²) < 4.78 is 34.0. The molecule has 2 aromatic rings. The molecule has 34 heavy (non-hydrogen) atoms. The van der Waals surface area contributed by atoms with E-state index in [2.05, 4.69) is 25.3 Å². The third-order valence-corrected chi connectivity index (χ3v) is 6.45. The Labute approximate surface area is 198 Å². The molecule has 11 nitrogen and oxygen atoms in total. The van der Waals surface area contributed by atoms with Crippen molar-refractivity contribution in [2.75, 3.05) is 26.2 Å². The summed E-state index contributed by atoms with van der Waals surface area (Å²) in [6.45, 7) is 1.94. The zero-order valence-electron chi connectivity index (χ0n) is 18.6. The van der Waals surface area contributed by atoms with Crippen molar-refractivity contribution in [3.05, 3.63) is 54.4 Å². The molecular formula is C22H29N5O6S. The molecular weight excluding hydrogens is 462 g/mol. The normalized spacial score (nSPS) is 16.7. The Morgan fingerprint density at radius 2 is 2.12 bits per heavy atom. The lowest BCUT2D eigenvalue weighted by Gasteiger charge is -2.19. The van der Waals surface area contributed by atoms with E-state index >= 15 is 0 Å². The Morgan fingerprint density at radius 3 is 2.82 bits per heavy atom. The fourth-order valence-electron chi connectivity index (χ4n) is 3.24. The summed E-state index contributed by atoms with van der Waals surface area (Å²) in [5.74, 6) is -0.0597. The van der Waals surface area contributed by atoms with E-state index in [1.54, 1.807) is 24.3 Å². The van der Waals surface area contributed by atoms with Crippen LogP contribution in [0.2, 0.25) is 0 Å². The number of ether oxygens (including phenoxy) is 1. The SMILES string of the molecule is O=C(O)CC(NS(=O)(=O)c1cccc(OCCCCNC2=NCC(O)CN2)c1)c1cccnc1. The number of aliphatic carboxylic acids is 1. The maximum Gasteiger partial charge on any atom is 0.305 e. The molecule has 2 unspecified atom stereocenters. The number of aliphatic imine (C=N–C) groups is 1. The van der Waals surface area contributed by atoms with Crippen molar-refractivity contribution >= 4 is 22.0 Å². The number of sulfonamides is 1. The number of hydrogen-bond acceptors (Lipinski definition) is 9. The highest BCUT2D eigenvalue weighted by molar-refractivity contribution is 7.89. The molecule has 0 spiro atoms. The summed E-state index contributed by atoms with van der Waals surface area (Å²) >= 11 is 0. The smallest absolute Gasteiger partial charge is 0.305 e. The maximum atomic E-state index is 12.9. The summed E-state index contributed by atoms with van der Waals surface area (Å²) in [6, 6.07) is 8.36. The van der Waals surface area contributed by atoms with Gasteiger partial charge in [-0.25, -0.2) is 13.1 Å². The molecule has 0 amide bonds. The number of nitrogens with zero attached hydrogens (tertiary/aromatic N) is 2. The van der Waals surface area contributed by atoms with Crippen LogP contribution in [-0.4, -0.2) is 67.9 Å². The van der Waals surface area contributed by atoms with Gasteiger partial charge in [-0.1, -0.05) is 12.1 Å². The number of carboxylic acid groups (broad SMARTS) is 1. The monoisotopic (exact) mass is 491 g/mol. The van der Waals surface area contributed by atoms with Crippen LogP contribution in [0.15, 0.2) is 58.7 Å². The number of rotatable bonds is 12. The predicted octanol–water partition coefficient (Wildman–Crippen LogP) is 0.645. The number of pyridine rings is 1. The first-order valence-corrected chi connectivity index (χ1v) is 12.4. The lowest BCUT2D eigenvalue weighted by atomic mass is 10.1. The van der Waals surface area contributed by atoms with Gasteiger partial charge in [-0.15, -0.1) is 0 Å². The van der Waals surface area contributed by atoms with Crippen molar-refractivity contribution in [2.45, 2.75) is 36.3 Å². The number of hydrogen-bond donors (Lipinski definition) is 5. The van der Waals surface area contributed by atoms with E-state index < -0.39 is 34.6 Å². The van der Waals surface area contributed by atoms with Crippen LogP contribution >= 0.6 is 0 Å². The summed E-state index contributed by atoms with van der Waals surface area (Å²) in [7, 11) is -4.00. The molecule has 1 aromatic carbocycles. The van der Waals surface area contributed by atoms with Gasteiger partial charge < -0.3 is 25.6 Å². The van der Waals surface area contributed by atoms with Gasteiger partial charge in [0.05, 0.1) is 36.6 Å². The fraction of sp³-hybridized carbons (Fsp3) is 0.409. The molecule has 3 rings (SSSR count). The fourth-order valence-corrected chi connectivity index (χ4v) is 4.50. The molecule has 0 saturated heterocycles. The molecule has 12 heteroatoms. The Balaban J connectivity index is 1.51. The highest BCUT2D eigenvalue weighted by atomic mass is 32.2. The summed E-state index contributed by atoms with van der Waals surface area (Å²) in [6.07, 6.45) is 3.64. The quantitative estimate of drug-likeness (QED) is 0.268. The molecule has 0 radical (unpaired) electrons. The molecule has 0 aliphatic carbocycles. The first-order valence-electron chi connectivity index (χ1n) is 10.9. The maximum absolute atomic E-state index is 12.9. The zero-order valence-corrected chi connectivity index (χ0v) is 19.4. The van der Waals surface area contributed by atoms with Crippen molar-refractivity contribution < 1.29 is 28.2 Å². The van der Waals surface area contributed by atoms with Crippen LogP contribution in [-0.2, 0) is 14.8 Å². The van der Waals surface area contributed by atoms with Crippen LogP contribution in [0.5, 0.6) is 5.75 Å². The first-order chi connectivity index (χ1) is 16.3. The van der Waals surface area contributed by atoms with Gasteiger partial charge in [0.25, 0.3) is 0 Å². The number of carboxylic acids is 1. The molecule has 5 N–H and O–H groups in total. The van der Waals surface area contributed by atoms with E-state index in [0.717, 1.165) is 12.8 Å². The first kappa shape index (κ1) is 25.4. The molecule has 1 aromatic heterocycles. The van der Waals surface area contributed by atoms with Crippen molar-refractivity contribution in [1.82, 2.24) is 20.3 Å². The number of benzene rings is 1. The molecule has 0 bridgehead atoms. The van der Waals surface area contributed by atoms with Gasteiger partial charge in [0, 0.05) is 31.5 Å². The van der Waals surface area contributed by atoms with E-state index in [1.807, 2.05) is 0 Å². The Kier molecular flexibility index (Phi) is 9.19. The van der Waals surface area contributed by atoms with E-state index in [0.29, 0.717) is 43.5 Å². The molecule has 2 atom stereocenters. The van der Waals surface area contributed by atoms with Gasteiger partial charge in [0.1, 0.15) is 5.75 Å². The second-order valence-corrected chi connectivity index (χ2v) is 9.45. The lowest BCUT2D eigenvalue weighted by molar-refractivity contribution is -0.137. The van der Waals surface area contributed by atoms with Crippen molar-refractivity contribution in [2.24, 2.45) is 4.99 Å². The van der Waals surface area contributed by atoms with Crippen LogP contribution < -0.4 is 20.1 Å². The molecule has 1 aliphatic heterocycles. The third-order valence-electron chi connectivity index (χ3n) is 4.98. The second-order valence-electron chi connectivity index (χ2n) is 7.74. The van der Waals surface area contributed by atoms with Gasteiger partial charge in [0.2, 0.25) is 10.0 Å². The van der Waals surface area contributed by atoms with Crippen molar-refractivity contribution in [3.63, 3.8) is 0 Å². The van der Waals surface area contributed by atoms with Gasteiger partial charge >= 0.3 is 5.97 Å². The highest BCUT2D eigenvalue weighted by Gasteiger charge is 2.24. The minimum atomic E-state index is -4.00. The van der Waals surface area contributed by atoms with Crippen molar-refractivity contribution in [3.8, 4) is 5.75 Å². The topological polar surface area (TPSA) is 162 Å². The third kappa shape index (κ3) is 7.97. The lowest BCUT2D eigenvalue weighted by Crippen LogP contribution is -2.46. The van der Waals surface area contributed by atoms with Crippen LogP contribution in [0.1, 0.15) is 30.9 Å². The van der Waals surface area contributed by atoms with Crippen LogP contribution in [0.3, 0.4) is 0 Å². The summed E-state index contributed by atoms with van der Waals surface area (Å²) in [5, 5.41) is 24.7. The molecule has 0 saturated carbocycles. The van der Waals surface area contributed by atoms with Crippen molar-refractivity contribution in [1.29, 1.82) is 0 Å². The number of unbranched alkanes of at least 4 members (excludes halogenated alkanes) is 1. The number of aliphatic hydroxyl groups is 1. The molecule has 1 aliphatic rings. The Hall–Kier alpha value is -3.22. The average molecular weight is 492 g/mol. The molecule has 0 fully saturated rings. The van der Waals surface area contributed by atoms with E-state index in [1.165, 1.54) is 24.5 Å². The van der Waals surface area contributed by atoms with E-state index in [-0.39, 0.29) is 4.90 Å². The second kappa shape index (κ2) is 12.3. The summed E-state index contributed by atoms with van der Waals surface area (Å²) in [4.78, 5) is 19.4. The zero-order chi connectivity index (χ0) is 24.4. The standard InChI is InChI=1S/C22H29N5O6S/c28-17-14-25-22(26-15-17)24-9-1-2-10-33-18-6-3-7-19(11-18)34(31,32)27-20(12-21(29)30)16-5-4-8-23-13-16/h3-8,11,13,17,20,27-28H,1-2,9-10,12,14-15H2,(H,29,30)(H2,24,25,26). The minimum Gasteiger partial charge on any atom is -0.494 e. The largest absolute Gasteiger partial charge is 0.494 e. The Bertz CT molecular complexity index is 1080. The molecule has 184 valence electrons. The number of β-amino-alcohol motifs (C(OH)–C–C–N with tert-alkyl or cyclic N) is 1. The van der Waals surface area contributed by atoms with Gasteiger partial charge in [-0.3, -0.25) is 14.8 Å². The van der Waals surface area contributed by atoms with Gasteiger partial charge in [0.15, 0.2) is 5.96 Å². The predicted molar refractivity (Wildman–Crippen MR) is 125 cm³/mol. The number of carbonyl (C=O) groups is 1. The molecule has 2 heterocycles. The highest BCUT2D eigenvalue weighted by Crippen LogP contribution is 2.22. The van der Waals surface area contributed by atoms with E-state index in [9.17, 15) is 23.4 Å². The van der Waals surface area contributed by atoms with Gasteiger partial charge in [-0.2, -0.15) is 0 Å². The van der Waals surface area contributed by atoms with Crippen LogP contribution in [0.25, 0.3) is 0 Å². The average Bonchev–Trinajstić information content (AvgIpc) is 2.82.